The Bertz CT molecular complexity index is 131. The summed E-state index contributed by atoms with van der Waals surface area (Å²) in [5.41, 5.74) is 0. The Balaban J connectivity index is 1.90. The lowest BCUT2D eigenvalue weighted by molar-refractivity contribution is 0.661. The fourth-order valence-corrected chi connectivity index (χ4v) is 4.19. The van der Waals surface area contributed by atoms with Crippen molar-refractivity contribution in [3.05, 3.63) is 0 Å². The van der Waals surface area contributed by atoms with Crippen molar-refractivity contribution in [2.75, 3.05) is 5.75 Å². The first kappa shape index (κ1) is 9.35. The molecule has 0 aromatic carbocycles. The molecule has 0 aliphatic carbocycles. The van der Waals surface area contributed by atoms with Crippen molar-refractivity contribution in [1.82, 2.24) is 0 Å². The van der Waals surface area contributed by atoms with Crippen molar-refractivity contribution >= 4 is 21.6 Å². The molecule has 0 bridgehead atoms. The molecule has 1 saturated heterocycles. The van der Waals surface area contributed by atoms with Gasteiger partial charge in [-0.15, -0.1) is 12.3 Å². The molecule has 0 spiro atoms. The molecule has 1 atom stereocenters. The highest BCUT2D eigenvalue weighted by atomic mass is 33.1. The summed E-state index contributed by atoms with van der Waals surface area (Å²) >= 11 is 0. The predicted molar refractivity (Wildman–Crippen MR) is 55.8 cm³/mol. The second kappa shape index (κ2) is 5.85. The minimum absolute atomic E-state index is 0.928. The van der Waals surface area contributed by atoms with Gasteiger partial charge in [0.25, 0.3) is 0 Å². The lowest BCUT2D eigenvalue weighted by atomic mass is 10.1. The van der Waals surface area contributed by atoms with Crippen molar-refractivity contribution in [3.63, 3.8) is 0 Å². The number of hydrogen-bond acceptors (Lipinski definition) is 2. The van der Waals surface area contributed by atoms with Gasteiger partial charge in [-0.1, -0.05) is 28.0 Å². The van der Waals surface area contributed by atoms with E-state index in [1.807, 2.05) is 10.8 Å². The van der Waals surface area contributed by atoms with Gasteiger partial charge in [0.15, 0.2) is 0 Å². The van der Waals surface area contributed by atoms with Crippen LogP contribution < -0.4 is 0 Å². The van der Waals surface area contributed by atoms with Gasteiger partial charge in [0, 0.05) is 17.4 Å². The zero-order valence-electron chi connectivity index (χ0n) is 6.71. The van der Waals surface area contributed by atoms with Crippen molar-refractivity contribution in [2.45, 2.75) is 37.4 Å². The van der Waals surface area contributed by atoms with E-state index in [2.05, 4.69) is 16.7 Å². The molecule has 1 aliphatic heterocycles. The van der Waals surface area contributed by atoms with Gasteiger partial charge in [-0.3, -0.25) is 0 Å². The smallest absolute Gasteiger partial charge is 0.0159 e. The van der Waals surface area contributed by atoms with E-state index >= 15 is 0 Å². The maximum absolute atomic E-state index is 5.16. The van der Waals surface area contributed by atoms with Crippen molar-refractivity contribution in [1.29, 1.82) is 0 Å². The van der Waals surface area contributed by atoms with Crippen LogP contribution in [0, 0.1) is 12.3 Å². The van der Waals surface area contributed by atoms with Crippen LogP contribution in [0.2, 0.25) is 0 Å². The van der Waals surface area contributed by atoms with Crippen LogP contribution in [0.1, 0.15) is 32.1 Å². The molecule has 2 heteroatoms. The molecule has 1 fully saturated rings. The minimum atomic E-state index is 0.928. The Kier molecular flexibility index (Phi) is 4.97. The average Bonchev–Trinajstić information content (AvgIpc) is 2.50. The Morgan fingerprint density at radius 1 is 1.45 bits per heavy atom. The van der Waals surface area contributed by atoms with Gasteiger partial charge < -0.3 is 0 Å². The summed E-state index contributed by atoms with van der Waals surface area (Å²) in [7, 11) is 4.09. The van der Waals surface area contributed by atoms with Crippen LogP contribution in [0.3, 0.4) is 0 Å². The molecule has 62 valence electrons. The molecule has 0 aromatic rings. The third kappa shape index (κ3) is 3.98. The SMILES string of the molecule is C#CCCCCC1CCSS1. The van der Waals surface area contributed by atoms with E-state index in [1.165, 1.54) is 31.4 Å². The highest BCUT2D eigenvalue weighted by Gasteiger charge is 2.15. The van der Waals surface area contributed by atoms with Gasteiger partial charge in [-0.05, 0) is 19.3 Å². The van der Waals surface area contributed by atoms with Crippen molar-refractivity contribution < 1.29 is 0 Å². The fourth-order valence-electron chi connectivity index (χ4n) is 1.16. The van der Waals surface area contributed by atoms with Crippen LogP contribution >= 0.6 is 21.6 Å². The lowest BCUT2D eigenvalue weighted by Gasteiger charge is -2.04. The van der Waals surface area contributed by atoms with Gasteiger partial charge in [-0.2, -0.15) is 0 Å². The summed E-state index contributed by atoms with van der Waals surface area (Å²) in [5, 5.41) is 0.928. The van der Waals surface area contributed by atoms with E-state index in [1.54, 1.807) is 0 Å². The first-order valence-electron chi connectivity index (χ1n) is 4.15. The molecule has 0 nitrogen and oxygen atoms in total. The second-order valence-electron chi connectivity index (χ2n) is 2.78. The van der Waals surface area contributed by atoms with E-state index in [0.717, 1.165) is 11.7 Å². The molecular formula is C9H14S2. The van der Waals surface area contributed by atoms with E-state index in [0.29, 0.717) is 0 Å². The standard InChI is InChI=1S/C9H14S2/c1-2-3-4-5-6-9-7-8-10-11-9/h1,9H,3-8H2. The Hall–Kier alpha value is 0.260. The first-order chi connectivity index (χ1) is 5.43. The van der Waals surface area contributed by atoms with Crippen LogP contribution in [0.25, 0.3) is 0 Å². The Morgan fingerprint density at radius 3 is 3.00 bits per heavy atom. The highest BCUT2D eigenvalue weighted by Crippen LogP contribution is 2.39. The molecule has 0 amide bonds. The molecule has 11 heavy (non-hydrogen) atoms. The number of unbranched alkanes of at least 4 members (excludes halogenated alkanes) is 2. The molecule has 0 aromatic heterocycles. The summed E-state index contributed by atoms with van der Waals surface area (Å²) in [4.78, 5) is 0. The normalized spacial score (nSPS) is 23.4. The zero-order chi connectivity index (χ0) is 7.94. The maximum atomic E-state index is 5.16. The third-order valence-corrected chi connectivity index (χ3v) is 4.83. The van der Waals surface area contributed by atoms with E-state index < -0.39 is 0 Å². The molecule has 0 N–H and O–H groups in total. The summed E-state index contributed by atoms with van der Waals surface area (Å²) in [6.07, 6.45) is 11.5. The van der Waals surface area contributed by atoms with Gasteiger partial charge in [-0.25, -0.2) is 0 Å². The molecule has 1 unspecified atom stereocenters. The average molecular weight is 186 g/mol. The van der Waals surface area contributed by atoms with E-state index in [4.69, 9.17) is 6.42 Å². The van der Waals surface area contributed by atoms with Crippen molar-refractivity contribution in [3.8, 4) is 12.3 Å². The fraction of sp³-hybridized carbons (Fsp3) is 0.778. The number of terminal acetylenes is 1. The van der Waals surface area contributed by atoms with Crippen LogP contribution in [-0.4, -0.2) is 11.0 Å². The van der Waals surface area contributed by atoms with Gasteiger partial charge in [0.1, 0.15) is 0 Å². The summed E-state index contributed by atoms with van der Waals surface area (Å²) < 4.78 is 0. The van der Waals surface area contributed by atoms with E-state index in [9.17, 15) is 0 Å². The molecule has 1 aliphatic rings. The Morgan fingerprint density at radius 2 is 2.36 bits per heavy atom. The topological polar surface area (TPSA) is 0 Å². The van der Waals surface area contributed by atoms with Crippen LogP contribution in [0.4, 0.5) is 0 Å². The van der Waals surface area contributed by atoms with Crippen LogP contribution in [0.5, 0.6) is 0 Å². The predicted octanol–water partition coefficient (Wildman–Crippen LogP) is 3.33. The monoisotopic (exact) mass is 186 g/mol. The van der Waals surface area contributed by atoms with Crippen LogP contribution in [-0.2, 0) is 0 Å². The summed E-state index contributed by atoms with van der Waals surface area (Å²) in [5.74, 6) is 4.03. The quantitative estimate of drug-likeness (QED) is 0.375. The molecule has 0 radical (unpaired) electrons. The Labute approximate surface area is 77.3 Å². The second-order valence-corrected chi connectivity index (χ2v) is 5.57. The third-order valence-electron chi connectivity index (χ3n) is 1.82. The molecule has 1 heterocycles. The molecular weight excluding hydrogens is 172 g/mol. The van der Waals surface area contributed by atoms with Crippen molar-refractivity contribution in [2.24, 2.45) is 0 Å². The molecule has 0 saturated carbocycles. The highest BCUT2D eigenvalue weighted by molar-refractivity contribution is 8.77. The summed E-state index contributed by atoms with van der Waals surface area (Å²) in [6, 6.07) is 0. The molecule has 1 rings (SSSR count). The van der Waals surface area contributed by atoms with Gasteiger partial charge in [0.05, 0.1) is 0 Å². The van der Waals surface area contributed by atoms with Gasteiger partial charge >= 0.3 is 0 Å². The maximum Gasteiger partial charge on any atom is 0.0159 e. The zero-order valence-corrected chi connectivity index (χ0v) is 8.35. The summed E-state index contributed by atoms with van der Waals surface area (Å²) in [6.45, 7) is 0. The number of hydrogen-bond donors (Lipinski definition) is 0. The van der Waals surface area contributed by atoms with Gasteiger partial charge in [0.2, 0.25) is 0 Å². The lowest BCUT2D eigenvalue weighted by Crippen LogP contribution is -1.96. The van der Waals surface area contributed by atoms with E-state index in [-0.39, 0.29) is 0 Å². The minimum Gasteiger partial charge on any atom is -0.120 e. The van der Waals surface area contributed by atoms with Crippen LogP contribution in [0.15, 0.2) is 0 Å². The first-order valence-corrected chi connectivity index (χ1v) is 6.53. The largest absolute Gasteiger partial charge is 0.120 e. The number of rotatable bonds is 4.